The molecule has 1 saturated carbocycles. The van der Waals surface area contributed by atoms with Gasteiger partial charge in [0.15, 0.2) is 0 Å². The van der Waals surface area contributed by atoms with Crippen LogP contribution in [0.5, 0.6) is 5.75 Å². The van der Waals surface area contributed by atoms with Gasteiger partial charge in [-0.05, 0) is 50.3 Å². The zero-order valence-electron chi connectivity index (χ0n) is 13.2. The van der Waals surface area contributed by atoms with Gasteiger partial charge in [-0.15, -0.1) is 0 Å². The summed E-state index contributed by atoms with van der Waals surface area (Å²) in [6, 6.07) is 0. The van der Waals surface area contributed by atoms with Crippen LogP contribution in [0.1, 0.15) is 54.4 Å². The quantitative estimate of drug-likeness (QED) is 0.857. The summed E-state index contributed by atoms with van der Waals surface area (Å²) in [7, 11) is 1.64. The maximum absolute atomic E-state index is 12.1. The Morgan fingerprint density at radius 2 is 1.67 bits per heavy atom. The summed E-state index contributed by atoms with van der Waals surface area (Å²) in [5.41, 5.74) is 3.20. The summed E-state index contributed by atoms with van der Waals surface area (Å²) in [5.74, 6) is 0.0243. The Morgan fingerprint density at radius 1 is 1.10 bits per heavy atom. The van der Waals surface area contributed by atoms with Gasteiger partial charge >= 0.3 is 5.97 Å². The third kappa shape index (κ3) is 2.48. The normalized spacial score (nSPS) is 17.6. The van der Waals surface area contributed by atoms with Crippen molar-refractivity contribution in [3.8, 4) is 5.75 Å². The van der Waals surface area contributed by atoms with E-state index in [0.29, 0.717) is 12.8 Å². The molecular weight excluding hydrogens is 332 g/mol. The Hall–Kier alpha value is -1.03. The molecule has 0 saturated heterocycles. The van der Waals surface area contributed by atoms with Gasteiger partial charge in [0.25, 0.3) is 0 Å². The molecule has 3 nitrogen and oxygen atoms in total. The topological polar surface area (TPSA) is 46.5 Å². The van der Waals surface area contributed by atoms with Gasteiger partial charge in [-0.1, -0.05) is 35.2 Å². The highest BCUT2D eigenvalue weighted by molar-refractivity contribution is 9.10. The first-order valence-corrected chi connectivity index (χ1v) is 8.23. The summed E-state index contributed by atoms with van der Waals surface area (Å²) in [5, 5.41) is 9.97. The molecule has 0 radical (unpaired) electrons. The average molecular weight is 355 g/mol. The minimum Gasteiger partial charge on any atom is -0.496 e. The lowest BCUT2D eigenvalue weighted by molar-refractivity contribution is -0.145. The van der Waals surface area contributed by atoms with Crippen molar-refractivity contribution in [1.29, 1.82) is 0 Å². The Morgan fingerprint density at radius 3 is 2.14 bits per heavy atom. The molecular formula is C17H23BrO3. The molecule has 2 rings (SSSR count). The minimum absolute atomic E-state index is 0.689. The van der Waals surface area contributed by atoms with E-state index in [1.807, 2.05) is 20.8 Å². The predicted octanol–water partition coefficient (Wildman–Crippen LogP) is 4.67. The molecule has 1 fully saturated rings. The van der Waals surface area contributed by atoms with Crippen LogP contribution < -0.4 is 4.74 Å². The van der Waals surface area contributed by atoms with E-state index in [4.69, 9.17) is 4.74 Å². The Balaban J connectivity index is 2.79. The molecule has 116 valence electrons. The molecule has 0 bridgehead atoms. The zero-order chi connectivity index (χ0) is 15.8. The lowest BCUT2D eigenvalue weighted by Gasteiger charge is -2.37. The van der Waals surface area contributed by atoms with Crippen LogP contribution in [-0.4, -0.2) is 18.2 Å². The first-order valence-electron chi connectivity index (χ1n) is 7.44. The molecule has 1 N–H and O–H groups in total. The number of halogens is 1. The molecule has 0 spiro atoms. The third-order valence-corrected chi connectivity index (χ3v) is 6.15. The molecule has 0 unspecified atom stereocenters. The molecule has 1 aromatic carbocycles. The molecule has 4 heteroatoms. The first kappa shape index (κ1) is 16.3. The summed E-state index contributed by atoms with van der Waals surface area (Å²) >= 11 is 3.64. The van der Waals surface area contributed by atoms with E-state index in [9.17, 15) is 9.90 Å². The second-order valence-corrected chi connectivity index (χ2v) is 6.84. The van der Waals surface area contributed by atoms with E-state index in [-0.39, 0.29) is 0 Å². The summed E-state index contributed by atoms with van der Waals surface area (Å²) in [6.07, 6.45) is 4.41. The fourth-order valence-electron chi connectivity index (χ4n) is 3.64. The third-order valence-electron chi connectivity index (χ3n) is 4.96. The number of carboxylic acids is 1. The van der Waals surface area contributed by atoms with Gasteiger partial charge in [0, 0.05) is 10.0 Å². The summed E-state index contributed by atoms with van der Waals surface area (Å²) < 4.78 is 6.64. The van der Waals surface area contributed by atoms with Crippen molar-refractivity contribution >= 4 is 21.9 Å². The molecule has 0 aromatic heterocycles. The van der Waals surface area contributed by atoms with Gasteiger partial charge in [-0.2, -0.15) is 0 Å². The first-order chi connectivity index (χ1) is 9.86. The van der Waals surface area contributed by atoms with Crippen molar-refractivity contribution in [2.24, 2.45) is 0 Å². The average Bonchev–Trinajstić information content (AvgIpc) is 2.49. The molecule has 0 heterocycles. The van der Waals surface area contributed by atoms with Crippen molar-refractivity contribution in [1.82, 2.24) is 0 Å². The molecule has 21 heavy (non-hydrogen) atoms. The molecule has 0 aliphatic heterocycles. The van der Waals surface area contributed by atoms with Crippen LogP contribution in [0.15, 0.2) is 4.47 Å². The lowest BCUT2D eigenvalue weighted by Crippen LogP contribution is -2.39. The largest absolute Gasteiger partial charge is 0.496 e. The zero-order valence-corrected chi connectivity index (χ0v) is 14.8. The smallest absolute Gasteiger partial charge is 0.314 e. The number of carbonyl (C=O) groups is 1. The fourth-order valence-corrected chi connectivity index (χ4v) is 4.14. The van der Waals surface area contributed by atoms with E-state index in [2.05, 4.69) is 15.9 Å². The molecule has 1 aliphatic carbocycles. The lowest BCUT2D eigenvalue weighted by atomic mass is 9.67. The van der Waals surface area contributed by atoms with Gasteiger partial charge in [0.1, 0.15) is 5.75 Å². The molecule has 1 aromatic rings. The van der Waals surface area contributed by atoms with Crippen LogP contribution in [-0.2, 0) is 10.2 Å². The second-order valence-electron chi connectivity index (χ2n) is 6.05. The second kappa shape index (κ2) is 5.99. The van der Waals surface area contributed by atoms with Gasteiger partial charge < -0.3 is 9.84 Å². The van der Waals surface area contributed by atoms with E-state index >= 15 is 0 Å². The van der Waals surface area contributed by atoms with Crippen LogP contribution in [0.2, 0.25) is 0 Å². The van der Waals surface area contributed by atoms with Gasteiger partial charge in [-0.3, -0.25) is 4.79 Å². The number of ether oxygens (including phenoxy) is 1. The van der Waals surface area contributed by atoms with Crippen molar-refractivity contribution < 1.29 is 14.6 Å². The van der Waals surface area contributed by atoms with Crippen LogP contribution in [0.4, 0.5) is 0 Å². The van der Waals surface area contributed by atoms with Crippen molar-refractivity contribution in [2.75, 3.05) is 7.11 Å². The number of aliphatic carboxylic acids is 1. The highest BCUT2D eigenvalue weighted by Crippen LogP contribution is 2.48. The van der Waals surface area contributed by atoms with Crippen molar-refractivity contribution in [2.45, 2.75) is 58.3 Å². The fraction of sp³-hybridized carbons (Fsp3) is 0.588. The van der Waals surface area contributed by atoms with Crippen molar-refractivity contribution in [3.05, 3.63) is 26.7 Å². The highest BCUT2D eigenvalue weighted by atomic mass is 79.9. The van der Waals surface area contributed by atoms with E-state index in [1.165, 1.54) is 0 Å². The predicted molar refractivity (Wildman–Crippen MR) is 87.3 cm³/mol. The number of carboxylic acid groups (broad SMARTS) is 1. The van der Waals surface area contributed by atoms with Crippen LogP contribution in [0, 0.1) is 20.8 Å². The SMILES string of the molecule is COc1c(C)c(C)c(Br)c(C)c1C1(C(=O)O)CCCCC1. The maximum atomic E-state index is 12.1. The summed E-state index contributed by atoms with van der Waals surface area (Å²) in [6.45, 7) is 6.03. The number of benzene rings is 1. The van der Waals surface area contributed by atoms with E-state index < -0.39 is 11.4 Å². The monoisotopic (exact) mass is 354 g/mol. The van der Waals surface area contributed by atoms with E-state index in [1.54, 1.807) is 7.11 Å². The molecule has 0 atom stereocenters. The standard InChI is InChI=1S/C17H23BrO3/c1-10-11(2)15(21-4)13(12(3)14(10)18)17(16(19)20)8-6-5-7-9-17/h5-9H2,1-4H3,(H,19,20). The van der Waals surface area contributed by atoms with Gasteiger partial charge in [0.05, 0.1) is 12.5 Å². The number of methoxy groups -OCH3 is 1. The van der Waals surface area contributed by atoms with Crippen LogP contribution in [0.3, 0.4) is 0 Å². The number of rotatable bonds is 3. The van der Waals surface area contributed by atoms with Gasteiger partial charge in [-0.25, -0.2) is 0 Å². The molecule has 1 aliphatic rings. The van der Waals surface area contributed by atoms with Crippen molar-refractivity contribution in [3.63, 3.8) is 0 Å². The van der Waals surface area contributed by atoms with Gasteiger partial charge in [0.2, 0.25) is 0 Å². The number of hydrogen-bond donors (Lipinski definition) is 1. The van der Waals surface area contributed by atoms with Crippen LogP contribution >= 0.6 is 15.9 Å². The Bertz CT molecular complexity index is 572. The Kier molecular flexibility index (Phi) is 4.66. The summed E-state index contributed by atoms with van der Waals surface area (Å²) in [4.78, 5) is 12.1. The van der Waals surface area contributed by atoms with Crippen LogP contribution in [0.25, 0.3) is 0 Å². The number of hydrogen-bond acceptors (Lipinski definition) is 2. The highest BCUT2D eigenvalue weighted by Gasteiger charge is 2.45. The molecule has 0 amide bonds. The maximum Gasteiger partial charge on any atom is 0.314 e. The minimum atomic E-state index is -0.811. The van der Waals surface area contributed by atoms with E-state index in [0.717, 1.165) is 51.7 Å². The Labute approximate surface area is 134 Å².